The molecule has 0 heterocycles. The summed E-state index contributed by atoms with van der Waals surface area (Å²) in [4.78, 5) is 13.4. The summed E-state index contributed by atoms with van der Waals surface area (Å²) in [5, 5.41) is 4.76. The lowest BCUT2D eigenvalue weighted by Crippen LogP contribution is -2.17. The van der Waals surface area contributed by atoms with Crippen LogP contribution in [0.1, 0.15) is 21.5 Å². The van der Waals surface area contributed by atoms with Gasteiger partial charge in [-0.15, -0.1) is 11.8 Å². The van der Waals surface area contributed by atoms with Crippen LogP contribution in [0.5, 0.6) is 5.75 Å². The summed E-state index contributed by atoms with van der Waals surface area (Å²) in [5.74, 6) is 1.21. The molecule has 7 heteroatoms. The highest BCUT2D eigenvalue weighted by Gasteiger charge is 2.05. The summed E-state index contributed by atoms with van der Waals surface area (Å²) in [6, 6.07) is 20.8. The minimum absolute atomic E-state index is 0.271. The van der Waals surface area contributed by atoms with Crippen LogP contribution in [0.15, 0.2) is 81.2 Å². The Morgan fingerprint density at radius 3 is 2.55 bits per heavy atom. The lowest BCUT2D eigenvalue weighted by atomic mass is 10.1. The molecule has 0 aliphatic rings. The first-order chi connectivity index (χ1) is 14.0. The van der Waals surface area contributed by atoms with E-state index in [4.69, 9.17) is 16.3 Å². The number of nitrogens with one attached hydrogen (secondary N) is 1. The Balaban J connectivity index is 1.56. The number of thioether (sulfide) groups is 1. The highest BCUT2D eigenvalue weighted by Crippen LogP contribution is 2.24. The van der Waals surface area contributed by atoms with Crippen LogP contribution in [-0.4, -0.2) is 19.2 Å². The molecule has 1 N–H and O–H groups in total. The third-order valence-corrected chi connectivity index (χ3v) is 5.83. The Hall–Kier alpha value is -2.28. The average Bonchev–Trinajstić information content (AvgIpc) is 2.74. The van der Waals surface area contributed by atoms with Crippen LogP contribution in [0, 0.1) is 0 Å². The highest BCUT2D eigenvalue weighted by atomic mass is 79.9. The van der Waals surface area contributed by atoms with Crippen LogP contribution in [-0.2, 0) is 5.75 Å². The Morgan fingerprint density at radius 1 is 1.14 bits per heavy atom. The van der Waals surface area contributed by atoms with Gasteiger partial charge in [-0.3, -0.25) is 4.79 Å². The Bertz CT molecular complexity index is 1010. The minimum atomic E-state index is -0.271. The van der Waals surface area contributed by atoms with Gasteiger partial charge in [-0.2, -0.15) is 5.10 Å². The summed E-state index contributed by atoms with van der Waals surface area (Å²) in [5.41, 5.74) is 4.98. The number of nitrogens with zero attached hydrogens (tertiary/aromatic N) is 1. The fourth-order valence-electron chi connectivity index (χ4n) is 2.48. The number of ether oxygens (including phenoxy) is 1. The maximum Gasteiger partial charge on any atom is 0.271 e. The van der Waals surface area contributed by atoms with Crippen LogP contribution in [0.4, 0.5) is 0 Å². The molecule has 0 saturated heterocycles. The van der Waals surface area contributed by atoms with Crippen molar-refractivity contribution in [3.8, 4) is 5.75 Å². The van der Waals surface area contributed by atoms with E-state index in [1.807, 2.05) is 54.6 Å². The normalized spacial score (nSPS) is 10.9. The van der Waals surface area contributed by atoms with E-state index < -0.39 is 0 Å². The van der Waals surface area contributed by atoms with Crippen molar-refractivity contribution < 1.29 is 9.53 Å². The molecule has 0 aliphatic heterocycles. The Labute approximate surface area is 187 Å². The van der Waals surface area contributed by atoms with E-state index in [0.717, 1.165) is 31.3 Å². The van der Waals surface area contributed by atoms with Gasteiger partial charge in [-0.05, 0) is 60.2 Å². The number of hydrazone groups is 1. The molecular formula is C22H18BrClN2O2S. The van der Waals surface area contributed by atoms with E-state index in [1.165, 1.54) is 0 Å². The first-order valence-corrected chi connectivity index (χ1v) is 10.8. The molecule has 1 amide bonds. The predicted octanol–water partition coefficient (Wildman–Crippen LogP) is 6.17. The number of rotatable bonds is 7. The third-order valence-electron chi connectivity index (χ3n) is 4.00. The summed E-state index contributed by atoms with van der Waals surface area (Å²) >= 11 is 11.0. The fraction of sp³-hybridized carbons (Fsp3) is 0.0909. The quantitative estimate of drug-likeness (QED) is 0.245. The third kappa shape index (κ3) is 6.35. The lowest BCUT2D eigenvalue weighted by Gasteiger charge is -2.05. The molecule has 0 bridgehead atoms. The molecule has 0 radical (unpaired) electrons. The van der Waals surface area contributed by atoms with Crippen molar-refractivity contribution in [2.75, 3.05) is 7.11 Å². The van der Waals surface area contributed by atoms with Gasteiger partial charge < -0.3 is 4.74 Å². The van der Waals surface area contributed by atoms with Gasteiger partial charge in [0, 0.05) is 31.3 Å². The molecule has 3 rings (SSSR count). The maximum absolute atomic E-state index is 12.3. The molecule has 3 aromatic rings. The molecule has 148 valence electrons. The summed E-state index contributed by atoms with van der Waals surface area (Å²) in [6.07, 6.45) is 1.55. The second-order valence-corrected chi connectivity index (χ2v) is 8.43. The van der Waals surface area contributed by atoms with Crippen LogP contribution in [0.3, 0.4) is 0 Å². The van der Waals surface area contributed by atoms with Gasteiger partial charge >= 0.3 is 0 Å². The zero-order valence-electron chi connectivity index (χ0n) is 15.6. The molecule has 0 aliphatic carbocycles. The number of amides is 1. The van der Waals surface area contributed by atoms with Crippen molar-refractivity contribution >= 4 is 51.4 Å². The van der Waals surface area contributed by atoms with Crippen LogP contribution < -0.4 is 10.2 Å². The van der Waals surface area contributed by atoms with E-state index in [9.17, 15) is 4.79 Å². The summed E-state index contributed by atoms with van der Waals surface area (Å²) < 4.78 is 6.18. The Kier molecular flexibility index (Phi) is 7.75. The van der Waals surface area contributed by atoms with Gasteiger partial charge in [0.05, 0.1) is 13.3 Å². The smallest absolute Gasteiger partial charge is 0.271 e. The number of halogens is 2. The van der Waals surface area contributed by atoms with Crippen molar-refractivity contribution in [2.24, 2.45) is 5.10 Å². The van der Waals surface area contributed by atoms with E-state index in [-0.39, 0.29) is 5.91 Å². The van der Waals surface area contributed by atoms with Crippen LogP contribution >= 0.6 is 39.3 Å². The van der Waals surface area contributed by atoms with Crippen molar-refractivity contribution in [3.63, 3.8) is 0 Å². The van der Waals surface area contributed by atoms with E-state index in [1.54, 1.807) is 37.2 Å². The van der Waals surface area contributed by atoms with Crippen molar-refractivity contribution in [1.82, 2.24) is 5.43 Å². The number of carbonyl (C=O) groups is 1. The number of hydrogen-bond donors (Lipinski definition) is 1. The van der Waals surface area contributed by atoms with E-state index in [0.29, 0.717) is 11.3 Å². The standard InChI is InChI=1S/C22H18BrClN2O2S/c1-28-21-11-6-18(23)12-17(21)13-25-26-22(27)16-4-2-15(3-5-16)14-29-20-9-7-19(24)8-10-20/h2-13H,14H2,1H3,(H,26,27)/b25-13+. The van der Waals surface area contributed by atoms with Crippen molar-refractivity contribution in [1.29, 1.82) is 0 Å². The molecule has 0 unspecified atom stereocenters. The van der Waals surface area contributed by atoms with Crippen LogP contribution in [0.2, 0.25) is 5.02 Å². The van der Waals surface area contributed by atoms with Crippen LogP contribution in [0.25, 0.3) is 0 Å². The van der Waals surface area contributed by atoms with Gasteiger partial charge in [-0.1, -0.05) is 39.7 Å². The molecule has 0 aromatic heterocycles. The molecule has 0 atom stereocenters. The average molecular weight is 490 g/mol. The summed E-state index contributed by atoms with van der Waals surface area (Å²) in [6.45, 7) is 0. The zero-order valence-corrected chi connectivity index (χ0v) is 18.7. The topological polar surface area (TPSA) is 50.7 Å². The number of benzene rings is 3. The van der Waals surface area contributed by atoms with Gasteiger partial charge in [0.1, 0.15) is 5.75 Å². The lowest BCUT2D eigenvalue weighted by molar-refractivity contribution is 0.0955. The molecule has 0 spiro atoms. The monoisotopic (exact) mass is 488 g/mol. The largest absolute Gasteiger partial charge is 0.496 e. The van der Waals surface area contributed by atoms with Gasteiger partial charge in [-0.25, -0.2) is 5.43 Å². The minimum Gasteiger partial charge on any atom is -0.496 e. The second kappa shape index (κ2) is 10.5. The molecule has 4 nitrogen and oxygen atoms in total. The molecule has 0 saturated carbocycles. The van der Waals surface area contributed by atoms with Gasteiger partial charge in [0.2, 0.25) is 0 Å². The van der Waals surface area contributed by atoms with Gasteiger partial charge in [0.25, 0.3) is 5.91 Å². The van der Waals surface area contributed by atoms with Crippen molar-refractivity contribution in [2.45, 2.75) is 10.6 Å². The van der Waals surface area contributed by atoms with Gasteiger partial charge in [0.15, 0.2) is 0 Å². The first kappa shape index (κ1) is 21.4. The number of methoxy groups -OCH3 is 1. The van der Waals surface area contributed by atoms with Crippen molar-refractivity contribution in [3.05, 3.63) is 92.9 Å². The van der Waals surface area contributed by atoms with E-state index in [2.05, 4.69) is 26.5 Å². The number of hydrogen-bond acceptors (Lipinski definition) is 4. The molecule has 3 aromatic carbocycles. The fourth-order valence-corrected chi connectivity index (χ4v) is 3.84. The number of carbonyl (C=O) groups excluding carboxylic acids is 1. The zero-order chi connectivity index (χ0) is 20.6. The maximum atomic E-state index is 12.3. The molecule has 29 heavy (non-hydrogen) atoms. The highest BCUT2D eigenvalue weighted by molar-refractivity contribution is 9.10. The second-order valence-electron chi connectivity index (χ2n) is 6.02. The SMILES string of the molecule is COc1ccc(Br)cc1/C=N/NC(=O)c1ccc(CSc2ccc(Cl)cc2)cc1. The summed E-state index contributed by atoms with van der Waals surface area (Å²) in [7, 11) is 1.59. The molecular weight excluding hydrogens is 472 g/mol. The predicted molar refractivity (Wildman–Crippen MR) is 123 cm³/mol. The van der Waals surface area contributed by atoms with E-state index >= 15 is 0 Å². The Morgan fingerprint density at radius 2 is 1.86 bits per heavy atom. The molecule has 0 fully saturated rings. The first-order valence-electron chi connectivity index (χ1n) is 8.69.